The molecule has 1 aromatic rings. The van der Waals surface area contributed by atoms with E-state index in [0.29, 0.717) is 25.7 Å². The Labute approximate surface area is 175 Å². The summed E-state index contributed by atoms with van der Waals surface area (Å²) in [6, 6.07) is 9.17. The molecule has 162 valence electrons. The van der Waals surface area contributed by atoms with Gasteiger partial charge in [-0.25, -0.2) is 0 Å². The van der Waals surface area contributed by atoms with Crippen LogP contribution >= 0.6 is 0 Å². The largest absolute Gasteiger partial charge is 0.352 e. The van der Waals surface area contributed by atoms with E-state index in [1.54, 1.807) is 0 Å². The van der Waals surface area contributed by atoms with Crippen LogP contribution in [0.1, 0.15) is 77.5 Å². The van der Waals surface area contributed by atoms with Gasteiger partial charge in [0.2, 0.25) is 5.91 Å². The van der Waals surface area contributed by atoms with Crippen LogP contribution in [0.3, 0.4) is 0 Å². The molecule has 5 heteroatoms. The fourth-order valence-electron chi connectivity index (χ4n) is 4.40. The number of amides is 1. The van der Waals surface area contributed by atoms with Crippen molar-refractivity contribution >= 4 is 5.91 Å². The minimum atomic E-state index is -0.374. The summed E-state index contributed by atoms with van der Waals surface area (Å²) in [5.41, 5.74) is 2.70. The lowest BCUT2D eigenvalue weighted by molar-refractivity contribution is -0.180. The molecule has 1 aliphatic carbocycles. The smallest absolute Gasteiger partial charge is 0.234 e. The van der Waals surface area contributed by atoms with Gasteiger partial charge in [-0.3, -0.25) is 4.79 Å². The molecular formula is C24H38N2O3. The molecule has 1 saturated carbocycles. The standard InChI is InChI=1S/C24H38N2O3/c1-17(2)22(18-6-8-19(9-7-18)23(3,4)5)25-16-21(27)26-20-10-12-24(13-11-20)28-14-15-29-24/h6-9,17,20,22,25H,10-16H2,1-5H3,(H,26,27). The lowest BCUT2D eigenvalue weighted by Gasteiger charge is -2.35. The number of rotatable bonds is 6. The second-order valence-electron chi connectivity index (χ2n) is 9.92. The molecule has 2 N–H and O–H groups in total. The van der Waals surface area contributed by atoms with Crippen molar-refractivity contribution in [1.29, 1.82) is 0 Å². The molecule has 1 unspecified atom stereocenters. The van der Waals surface area contributed by atoms with E-state index in [1.807, 2.05) is 0 Å². The normalized spacial score (nSPS) is 20.9. The number of carbonyl (C=O) groups is 1. The number of ether oxygens (including phenoxy) is 2. The molecule has 1 aromatic carbocycles. The van der Waals surface area contributed by atoms with E-state index in [-0.39, 0.29) is 29.2 Å². The Morgan fingerprint density at radius 3 is 2.21 bits per heavy atom. The molecule has 1 heterocycles. The third-order valence-corrected chi connectivity index (χ3v) is 6.21. The zero-order valence-electron chi connectivity index (χ0n) is 18.7. The molecule has 2 fully saturated rings. The van der Waals surface area contributed by atoms with Crippen molar-refractivity contribution in [3.8, 4) is 0 Å². The van der Waals surface area contributed by atoms with Crippen LogP contribution in [-0.2, 0) is 19.7 Å². The molecular weight excluding hydrogens is 364 g/mol. The highest BCUT2D eigenvalue weighted by Gasteiger charge is 2.40. The monoisotopic (exact) mass is 402 g/mol. The topological polar surface area (TPSA) is 59.6 Å². The van der Waals surface area contributed by atoms with Crippen LogP contribution in [0, 0.1) is 5.92 Å². The van der Waals surface area contributed by atoms with Crippen LogP contribution in [-0.4, -0.2) is 37.5 Å². The van der Waals surface area contributed by atoms with Crippen molar-refractivity contribution in [2.45, 2.75) is 83.6 Å². The van der Waals surface area contributed by atoms with E-state index < -0.39 is 0 Å². The minimum absolute atomic E-state index is 0.0659. The molecule has 1 amide bonds. The predicted molar refractivity (Wildman–Crippen MR) is 116 cm³/mol. The summed E-state index contributed by atoms with van der Waals surface area (Å²) in [5.74, 6) is 0.0900. The summed E-state index contributed by atoms with van der Waals surface area (Å²) >= 11 is 0. The van der Waals surface area contributed by atoms with Gasteiger partial charge in [0.05, 0.1) is 19.8 Å². The van der Waals surface area contributed by atoms with Crippen molar-refractivity contribution in [1.82, 2.24) is 10.6 Å². The van der Waals surface area contributed by atoms with E-state index in [4.69, 9.17) is 9.47 Å². The van der Waals surface area contributed by atoms with E-state index >= 15 is 0 Å². The molecule has 2 aliphatic rings. The first-order valence-electron chi connectivity index (χ1n) is 11.1. The summed E-state index contributed by atoms with van der Waals surface area (Å²) in [6.07, 6.45) is 3.54. The second-order valence-corrected chi connectivity index (χ2v) is 9.92. The number of benzene rings is 1. The summed E-state index contributed by atoms with van der Waals surface area (Å²) < 4.78 is 11.5. The zero-order chi connectivity index (χ0) is 21.1. The zero-order valence-corrected chi connectivity index (χ0v) is 18.7. The van der Waals surface area contributed by atoms with Crippen molar-refractivity contribution in [3.63, 3.8) is 0 Å². The Morgan fingerprint density at radius 2 is 1.69 bits per heavy atom. The second kappa shape index (κ2) is 9.15. The Balaban J connectivity index is 1.49. The molecule has 29 heavy (non-hydrogen) atoms. The van der Waals surface area contributed by atoms with Gasteiger partial charge < -0.3 is 20.1 Å². The van der Waals surface area contributed by atoms with E-state index in [9.17, 15) is 4.79 Å². The average Bonchev–Trinajstić information content (AvgIpc) is 3.11. The van der Waals surface area contributed by atoms with Crippen molar-refractivity contribution in [3.05, 3.63) is 35.4 Å². The number of hydrogen-bond donors (Lipinski definition) is 2. The quantitative estimate of drug-likeness (QED) is 0.753. The van der Waals surface area contributed by atoms with Gasteiger partial charge in [0.25, 0.3) is 0 Å². The maximum Gasteiger partial charge on any atom is 0.234 e. The van der Waals surface area contributed by atoms with Gasteiger partial charge in [0.15, 0.2) is 5.79 Å². The lowest BCUT2D eigenvalue weighted by atomic mass is 9.85. The number of carbonyl (C=O) groups excluding carboxylic acids is 1. The van der Waals surface area contributed by atoms with Crippen LogP contribution in [0.2, 0.25) is 0 Å². The number of nitrogens with one attached hydrogen (secondary N) is 2. The highest BCUT2D eigenvalue weighted by atomic mass is 16.7. The van der Waals surface area contributed by atoms with Gasteiger partial charge in [-0.05, 0) is 35.3 Å². The molecule has 0 aromatic heterocycles. The van der Waals surface area contributed by atoms with Crippen molar-refractivity contribution in [2.75, 3.05) is 19.8 Å². The van der Waals surface area contributed by atoms with E-state index in [0.717, 1.165) is 25.7 Å². The molecule has 0 radical (unpaired) electrons. The fraction of sp³-hybridized carbons (Fsp3) is 0.708. The van der Waals surface area contributed by atoms with Crippen LogP contribution in [0.5, 0.6) is 0 Å². The first kappa shape index (κ1) is 22.3. The van der Waals surface area contributed by atoms with Crippen molar-refractivity contribution < 1.29 is 14.3 Å². The van der Waals surface area contributed by atoms with E-state index in [2.05, 4.69) is 69.5 Å². The molecule has 1 saturated heterocycles. The first-order chi connectivity index (χ1) is 13.7. The third-order valence-electron chi connectivity index (χ3n) is 6.21. The fourth-order valence-corrected chi connectivity index (χ4v) is 4.40. The molecule has 0 bridgehead atoms. The maximum atomic E-state index is 12.5. The van der Waals surface area contributed by atoms with Crippen LogP contribution in [0.15, 0.2) is 24.3 Å². The Bertz CT molecular complexity index is 662. The Morgan fingerprint density at radius 1 is 1.10 bits per heavy atom. The highest BCUT2D eigenvalue weighted by molar-refractivity contribution is 5.78. The molecule has 3 rings (SSSR count). The summed E-state index contributed by atoms with van der Waals surface area (Å²) in [4.78, 5) is 12.5. The lowest BCUT2D eigenvalue weighted by Crippen LogP contribution is -2.46. The first-order valence-corrected chi connectivity index (χ1v) is 11.1. The molecule has 1 aliphatic heterocycles. The third kappa shape index (κ3) is 5.80. The van der Waals surface area contributed by atoms with Gasteiger partial charge in [-0.15, -0.1) is 0 Å². The van der Waals surface area contributed by atoms with E-state index in [1.165, 1.54) is 11.1 Å². The minimum Gasteiger partial charge on any atom is -0.352 e. The SMILES string of the molecule is CC(C)C(NCC(=O)NC1CCC2(CC1)OCCO2)c1ccc(C(C)(C)C)cc1. The van der Waals surface area contributed by atoms with Crippen LogP contribution in [0.4, 0.5) is 0 Å². The predicted octanol–water partition coefficient (Wildman–Crippen LogP) is 4.07. The maximum absolute atomic E-state index is 12.5. The highest BCUT2D eigenvalue weighted by Crippen LogP contribution is 2.35. The average molecular weight is 403 g/mol. The van der Waals surface area contributed by atoms with Gasteiger partial charge in [0.1, 0.15) is 0 Å². The molecule has 1 atom stereocenters. The summed E-state index contributed by atoms with van der Waals surface area (Å²) in [5, 5.41) is 6.66. The van der Waals surface area contributed by atoms with Crippen molar-refractivity contribution in [2.24, 2.45) is 5.92 Å². The summed E-state index contributed by atoms with van der Waals surface area (Å²) in [7, 11) is 0. The van der Waals surface area contributed by atoms with Gasteiger partial charge in [-0.2, -0.15) is 0 Å². The molecule has 1 spiro atoms. The van der Waals surface area contributed by atoms with Crippen LogP contribution in [0.25, 0.3) is 0 Å². The van der Waals surface area contributed by atoms with Gasteiger partial charge in [0, 0.05) is 24.9 Å². The van der Waals surface area contributed by atoms with Crippen LogP contribution < -0.4 is 10.6 Å². The van der Waals surface area contributed by atoms with Gasteiger partial charge >= 0.3 is 0 Å². The van der Waals surface area contributed by atoms with Gasteiger partial charge in [-0.1, -0.05) is 58.9 Å². The Hall–Kier alpha value is -1.43. The number of hydrogen-bond acceptors (Lipinski definition) is 4. The Kier molecular flexibility index (Phi) is 7.02. The molecule has 5 nitrogen and oxygen atoms in total. The summed E-state index contributed by atoms with van der Waals surface area (Å²) in [6.45, 7) is 12.8.